The average Bonchev–Trinajstić information content (AvgIpc) is 3.92. The predicted octanol–water partition coefficient (Wildman–Crippen LogP) is 17.6. The van der Waals surface area contributed by atoms with E-state index in [-0.39, 0.29) is 0 Å². The second kappa shape index (κ2) is 16.7. The molecule has 0 saturated heterocycles. The molecule has 2 nitrogen and oxygen atoms in total. The molecule has 1 heterocycles. The molecule has 0 atom stereocenters. The van der Waals surface area contributed by atoms with E-state index < -0.39 is 5.41 Å². The summed E-state index contributed by atoms with van der Waals surface area (Å²) >= 11 is 0. The van der Waals surface area contributed by atoms with Gasteiger partial charge in [-0.05, 0) is 122 Å². The van der Waals surface area contributed by atoms with Gasteiger partial charge in [-0.2, -0.15) is 0 Å². The van der Waals surface area contributed by atoms with E-state index in [2.05, 4.69) is 289 Å². The fourth-order valence-electron chi connectivity index (χ4n) is 11.2. The van der Waals surface area contributed by atoms with Crippen LogP contribution in [0.15, 0.2) is 279 Å². The minimum absolute atomic E-state index is 0.515. The lowest BCUT2D eigenvalue weighted by Gasteiger charge is -2.35. The molecule has 324 valence electrons. The third-order valence-corrected chi connectivity index (χ3v) is 14.3. The summed E-state index contributed by atoms with van der Waals surface area (Å²) in [6, 6.07) is 102. The molecule has 1 aromatic heterocycles. The third kappa shape index (κ3) is 6.64. The zero-order valence-corrected chi connectivity index (χ0v) is 38.0. The topological polar surface area (TPSA) is 8.17 Å². The number of benzene rings is 11. The molecule has 11 aromatic carbocycles. The molecule has 0 saturated carbocycles. The van der Waals surface area contributed by atoms with Crippen molar-refractivity contribution in [1.82, 2.24) is 4.57 Å². The van der Waals surface area contributed by atoms with E-state index in [1.54, 1.807) is 0 Å². The molecule has 0 N–H and O–H groups in total. The first-order valence-corrected chi connectivity index (χ1v) is 23.8. The van der Waals surface area contributed by atoms with E-state index in [0.717, 1.165) is 39.4 Å². The van der Waals surface area contributed by atoms with Crippen molar-refractivity contribution in [1.29, 1.82) is 0 Å². The Morgan fingerprint density at radius 1 is 0.290 bits per heavy atom. The van der Waals surface area contributed by atoms with E-state index in [1.165, 1.54) is 71.9 Å². The van der Waals surface area contributed by atoms with Crippen molar-refractivity contribution in [2.45, 2.75) is 5.41 Å². The zero-order chi connectivity index (χ0) is 45.7. The van der Waals surface area contributed by atoms with Crippen LogP contribution < -0.4 is 4.90 Å². The largest absolute Gasteiger partial charge is 0.310 e. The first kappa shape index (κ1) is 40.3. The summed E-state index contributed by atoms with van der Waals surface area (Å²) in [5.41, 5.74) is 21.0. The molecule has 12 aromatic rings. The Kier molecular flexibility index (Phi) is 9.77. The maximum absolute atomic E-state index is 2.46. The van der Waals surface area contributed by atoms with Crippen LogP contribution in [0, 0.1) is 0 Å². The van der Waals surface area contributed by atoms with Gasteiger partial charge in [0.05, 0.1) is 22.1 Å². The van der Waals surface area contributed by atoms with Gasteiger partial charge in [0.2, 0.25) is 0 Å². The number of hydrogen-bond acceptors (Lipinski definition) is 1. The van der Waals surface area contributed by atoms with Crippen LogP contribution >= 0.6 is 0 Å². The van der Waals surface area contributed by atoms with Gasteiger partial charge in [-0.15, -0.1) is 0 Å². The van der Waals surface area contributed by atoms with Crippen LogP contribution in [0.1, 0.15) is 22.3 Å². The van der Waals surface area contributed by atoms with Crippen LogP contribution in [0.3, 0.4) is 0 Å². The summed E-state index contributed by atoms with van der Waals surface area (Å²) in [5, 5.41) is 2.48. The molecule has 0 bridgehead atoms. The summed E-state index contributed by atoms with van der Waals surface area (Å²) in [4.78, 5) is 2.44. The highest BCUT2D eigenvalue weighted by molar-refractivity contribution is 6.10. The Morgan fingerprint density at radius 2 is 0.826 bits per heavy atom. The normalized spacial score (nSPS) is 12.5. The summed E-state index contributed by atoms with van der Waals surface area (Å²) in [5.74, 6) is 0. The molecule has 0 spiro atoms. The fourth-order valence-corrected chi connectivity index (χ4v) is 11.2. The van der Waals surface area contributed by atoms with Gasteiger partial charge < -0.3 is 9.47 Å². The molecule has 0 aliphatic heterocycles. The monoisotopic (exact) mass is 878 g/mol. The van der Waals surface area contributed by atoms with Crippen LogP contribution in [0.4, 0.5) is 17.1 Å². The second-order valence-electron chi connectivity index (χ2n) is 18.0. The van der Waals surface area contributed by atoms with Gasteiger partial charge in [0.25, 0.3) is 0 Å². The Hall–Kier alpha value is -8.98. The number of nitrogens with zero attached hydrogens (tertiary/aromatic N) is 2. The van der Waals surface area contributed by atoms with Crippen LogP contribution in [0.25, 0.3) is 72.0 Å². The van der Waals surface area contributed by atoms with Crippen molar-refractivity contribution in [2.24, 2.45) is 0 Å². The van der Waals surface area contributed by atoms with Crippen LogP contribution in [-0.2, 0) is 5.41 Å². The lowest BCUT2D eigenvalue weighted by atomic mass is 9.67. The minimum atomic E-state index is -0.515. The van der Waals surface area contributed by atoms with Gasteiger partial charge in [0.1, 0.15) is 0 Å². The molecule has 1 aliphatic carbocycles. The Bertz CT molecular complexity index is 3780. The van der Waals surface area contributed by atoms with Crippen LogP contribution in [-0.4, -0.2) is 4.57 Å². The van der Waals surface area contributed by atoms with E-state index in [0.29, 0.717) is 0 Å². The number of hydrogen-bond donors (Lipinski definition) is 0. The molecule has 13 rings (SSSR count). The van der Waals surface area contributed by atoms with Gasteiger partial charge in [-0.25, -0.2) is 0 Å². The molecule has 1 aliphatic rings. The van der Waals surface area contributed by atoms with Crippen molar-refractivity contribution < 1.29 is 0 Å². The highest BCUT2D eigenvalue weighted by Gasteiger charge is 2.46. The quantitative estimate of drug-likeness (QED) is 0.140. The number of fused-ring (bicyclic) bond motifs is 6. The first-order chi connectivity index (χ1) is 34.2. The van der Waals surface area contributed by atoms with Crippen molar-refractivity contribution >= 4 is 38.9 Å². The molecule has 0 amide bonds. The van der Waals surface area contributed by atoms with Gasteiger partial charge in [0.15, 0.2) is 0 Å². The zero-order valence-electron chi connectivity index (χ0n) is 38.0. The van der Waals surface area contributed by atoms with E-state index >= 15 is 0 Å². The smallest absolute Gasteiger partial charge is 0.0714 e. The molecular formula is C67H46N2. The molecule has 69 heavy (non-hydrogen) atoms. The van der Waals surface area contributed by atoms with E-state index in [1.807, 2.05) is 0 Å². The van der Waals surface area contributed by atoms with Crippen molar-refractivity contribution in [3.63, 3.8) is 0 Å². The van der Waals surface area contributed by atoms with Crippen molar-refractivity contribution in [3.05, 3.63) is 301 Å². The summed E-state index contributed by atoms with van der Waals surface area (Å²) in [6.45, 7) is 0. The number of para-hydroxylation sites is 3. The first-order valence-electron chi connectivity index (χ1n) is 23.8. The molecule has 0 fully saturated rings. The van der Waals surface area contributed by atoms with Crippen molar-refractivity contribution in [2.75, 3.05) is 4.90 Å². The summed E-state index contributed by atoms with van der Waals surface area (Å²) in [7, 11) is 0. The molecule has 0 radical (unpaired) electrons. The van der Waals surface area contributed by atoms with Gasteiger partial charge in [-0.3, -0.25) is 0 Å². The third-order valence-electron chi connectivity index (χ3n) is 14.3. The predicted molar refractivity (Wildman–Crippen MR) is 289 cm³/mol. The van der Waals surface area contributed by atoms with Crippen LogP contribution in [0.5, 0.6) is 0 Å². The van der Waals surface area contributed by atoms with Crippen LogP contribution in [0.2, 0.25) is 0 Å². The lowest BCUT2D eigenvalue weighted by Crippen LogP contribution is -2.28. The van der Waals surface area contributed by atoms with E-state index in [9.17, 15) is 0 Å². The van der Waals surface area contributed by atoms with Gasteiger partial charge >= 0.3 is 0 Å². The second-order valence-corrected chi connectivity index (χ2v) is 18.0. The van der Waals surface area contributed by atoms with Gasteiger partial charge in [0, 0.05) is 33.4 Å². The highest BCUT2D eigenvalue weighted by Crippen LogP contribution is 2.57. The number of rotatable bonds is 9. The summed E-state index contributed by atoms with van der Waals surface area (Å²) < 4.78 is 2.42. The average molecular weight is 879 g/mol. The minimum Gasteiger partial charge on any atom is -0.310 e. The number of aromatic nitrogens is 1. The number of anilines is 3. The maximum atomic E-state index is 2.46. The van der Waals surface area contributed by atoms with Gasteiger partial charge in [-0.1, -0.05) is 218 Å². The highest BCUT2D eigenvalue weighted by atomic mass is 15.1. The maximum Gasteiger partial charge on any atom is 0.0714 e. The fraction of sp³-hybridized carbons (Fsp3) is 0.0149. The van der Waals surface area contributed by atoms with E-state index in [4.69, 9.17) is 0 Å². The molecule has 2 heteroatoms. The summed E-state index contributed by atoms with van der Waals surface area (Å²) in [6.07, 6.45) is 0. The standard InChI is InChI=1S/C67H46N2/c1-5-20-47(21-6-1)48-36-39-55(40-37-48)69-65-35-18-15-32-60(65)61-42-38-50(45-66(61)69)49-22-19-23-51(44-49)57-30-14-17-34-64(57)68(54-28-11-4-12-29-54)56-41-43-59-58-31-13-16-33-62(58)67(63(59)46-56,52-24-7-2-8-25-52)53-26-9-3-10-27-53/h1-46H. The molecular weight excluding hydrogens is 833 g/mol. The molecule has 0 unspecified atom stereocenters. The lowest BCUT2D eigenvalue weighted by molar-refractivity contribution is 0.768. The van der Waals surface area contributed by atoms with Crippen molar-refractivity contribution in [3.8, 4) is 50.2 Å². The SMILES string of the molecule is c1ccc(-c2ccc(-n3c4ccccc4c4ccc(-c5cccc(-c6ccccc6N(c6ccccc6)c6ccc7c(c6)C(c6ccccc6)(c6ccccc6)c6ccccc6-7)c5)cc43)cc2)cc1. The Morgan fingerprint density at radius 3 is 1.58 bits per heavy atom. The Labute approximate surface area is 403 Å². The Balaban J connectivity index is 0.950.